The highest BCUT2D eigenvalue weighted by atomic mass is 32.1. The van der Waals surface area contributed by atoms with E-state index < -0.39 is 5.60 Å². The molecule has 0 radical (unpaired) electrons. The molecule has 3 heteroatoms. The summed E-state index contributed by atoms with van der Waals surface area (Å²) >= 11 is 1.63. The SMILES string of the molecule is CC(O)(Cc1ccc(F)cc1)c1cccc2ccsc12. The molecule has 20 heavy (non-hydrogen) atoms. The van der Waals surface area contributed by atoms with Crippen molar-refractivity contribution in [2.75, 3.05) is 0 Å². The predicted molar refractivity (Wildman–Crippen MR) is 81.5 cm³/mol. The van der Waals surface area contributed by atoms with Crippen LogP contribution in [0.4, 0.5) is 4.39 Å². The van der Waals surface area contributed by atoms with Crippen molar-refractivity contribution in [3.63, 3.8) is 0 Å². The molecule has 0 aliphatic rings. The maximum absolute atomic E-state index is 12.9. The molecule has 1 aromatic heterocycles. The fourth-order valence-electron chi connectivity index (χ4n) is 2.51. The molecule has 0 amide bonds. The average molecular weight is 286 g/mol. The number of benzene rings is 2. The van der Waals surface area contributed by atoms with Crippen molar-refractivity contribution in [1.82, 2.24) is 0 Å². The monoisotopic (exact) mass is 286 g/mol. The summed E-state index contributed by atoms with van der Waals surface area (Å²) in [6, 6.07) is 14.3. The Balaban J connectivity index is 1.98. The Morgan fingerprint density at radius 1 is 1.10 bits per heavy atom. The lowest BCUT2D eigenvalue weighted by Gasteiger charge is -2.24. The largest absolute Gasteiger partial charge is 0.385 e. The summed E-state index contributed by atoms with van der Waals surface area (Å²) in [6.07, 6.45) is 0.463. The molecule has 0 aliphatic carbocycles. The zero-order valence-corrected chi connectivity index (χ0v) is 12.0. The minimum Gasteiger partial charge on any atom is -0.385 e. The highest BCUT2D eigenvalue weighted by Gasteiger charge is 2.26. The van der Waals surface area contributed by atoms with Gasteiger partial charge in [-0.3, -0.25) is 0 Å². The second kappa shape index (κ2) is 5.00. The van der Waals surface area contributed by atoms with Crippen LogP contribution in [0.15, 0.2) is 53.9 Å². The molecule has 1 unspecified atom stereocenters. The van der Waals surface area contributed by atoms with E-state index in [0.717, 1.165) is 21.2 Å². The number of thiophene rings is 1. The fraction of sp³-hybridized carbons (Fsp3) is 0.176. The number of hydrogen-bond acceptors (Lipinski definition) is 2. The highest BCUT2D eigenvalue weighted by molar-refractivity contribution is 7.17. The van der Waals surface area contributed by atoms with E-state index in [1.54, 1.807) is 23.5 Å². The first-order valence-corrected chi connectivity index (χ1v) is 7.38. The van der Waals surface area contributed by atoms with Gasteiger partial charge in [-0.2, -0.15) is 0 Å². The molecule has 0 spiro atoms. The molecule has 1 heterocycles. The van der Waals surface area contributed by atoms with Crippen LogP contribution < -0.4 is 0 Å². The van der Waals surface area contributed by atoms with Gasteiger partial charge in [0.05, 0.1) is 5.60 Å². The summed E-state index contributed by atoms with van der Waals surface area (Å²) < 4.78 is 14.1. The maximum Gasteiger partial charge on any atom is 0.123 e. The van der Waals surface area contributed by atoms with Crippen LogP contribution in [0.5, 0.6) is 0 Å². The van der Waals surface area contributed by atoms with Gasteiger partial charge >= 0.3 is 0 Å². The van der Waals surface area contributed by atoms with Gasteiger partial charge in [-0.25, -0.2) is 4.39 Å². The van der Waals surface area contributed by atoms with Crippen molar-refractivity contribution in [3.8, 4) is 0 Å². The molecule has 1 atom stereocenters. The van der Waals surface area contributed by atoms with Crippen molar-refractivity contribution >= 4 is 21.4 Å². The smallest absolute Gasteiger partial charge is 0.123 e. The summed E-state index contributed by atoms with van der Waals surface area (Å²) in [5.74, 6) is -0.256. The molecule has 0 saturated carbocycles. The van der Waals surface area contributed by atoms with Gasteiger partial charge in [-0.15, -0.1) is 11.3 Å². The normalized spacial score (nSPS) is 14.3. The van der Waals surface area contributed by atoms with Gasteiger partial charge in [0.2, 0.25) is 0 Å². The van der Waals surface area contributed by atoms with Crippen LogP contribution in [0.1, 0.15) is 18.1 Å². The standard InChI is InChI=1S/C17H15FOS/c1-17(19,11-12-5-7-14(18)8-6-12)15-4-2-3-13-9-10-20-16(13)15/h2-10,19H,11H2,1H3. The summed E-state index contributed by atoms with van der Waals surface area (Å²) in [6.45, 7) is 1.81. The maximum atomic E-state index is 12.9. The van der Waals surface area contributed by atoms with Crippen LogP contribution in [0.2, 0.25) is 0 Å². The first-order chi connectivity index (χ1) is 9.56. The molecule has 2 aromatic carbocycles. The molecule has 0 bridgehead atoms. The van der Waals surface area contributed by atoms with E-state index in [9.17, 15) is 9.50 Å². The second-order valence-electron chi connectivity index (χ2n) is 5.22. The van der Waals surface area contributed by atoms with Crippen LogP contribution >= 0.6 is 11.3 Å². The number of hydrogen-bond donors (Lipinski definition) is 1. The third kappa shape index (κ3) is 2.47. The summed E-state index contributed by atoms with van der Waals surface area (Å²) in [4.78, 5) is 0. The Kier molecular flexibility index (Phi) is 3.32. The van der Waals surface area contributed by atoms with Gasteiger partial charge in [0.1, 0.15) is 5.82 Å². The Morgan fingerprint density at radius 3 is 2.60 bits per heavy atom. The van der Waals surface area contributed by atoms with Gasteiger partial charge in [0.25, 0.3) is 0 Å². The lowest BCUT2D eigenvalue weighted by atomic mass is 9.88. The first-order valence-electron chi connectivity index (χ1n) is 6.50. The van der Waals surface area contributed by atoms with E-state index in [2.05, 4.69) is 6.07 Å². The molecule has 1 N–H and O–H groups in total. The lowest BCUT2D eigenvalue weighted by molar-refractivity contribution is 0.0593. The fourth-order valence-corrected chi connectivity index (χ4v) is 3.55. The number of halogens is 1. The van der Waals surface area contributed by atoms with Crippen molar-refractivity contribution < 1.29 is 9.50 Å². The highest BCUT2D eigenvalue weighted by Crippen LogP contribution is 2.34. The average Bonchev–Trinajstić information content (AvgIpc) is 2.89. The van der Waals surface area contributed by atoms with Crippen molar-refractivity contribution in [2.24, 2.45) is 0 Å². The van der Waals surface area contributed by atoms with Gasteiger partial charge in [0, 0.05) is 16.7 Å². The van der Waals surface area contributed by atoms with Gasteiger partial charge in [0.15, 0.2) is 0 Å². The van der Waals surface area contributed by atoms with Crippen LogP contribution in [0.25, 0.3) is 10.1 Å². The molecule has 0 saturated heterocycles. The van der Waals surface area contributed by atoms with E-state index in [1.165, 1.54) is 12.1 Å². The van der Waals surface area contributed by atoms with Gasteiger partial charge in [-0.1, -0.05) is 30.3 Å². The minimum atomic E-state index is -0.970. The predicted octanol–water partition coefficient (Wildman–Crippen LogP) is 4.49. The van der Waals surface area contributed by atoms with Crippen LogP contribution in [0.3, 0.4) is 0 Å². The topological polar surface area (TPSA) is 20.2 Å². The molecular weight excluding hydrogens is 271 g/mol. The molecule has 0 fully saturated rings. The molecule has 3 aromatic rings. The van der Waals surface area contributed by atoms with Crippen LogP contribution in [-0.2, 0) is 12.0 Å². The molecule has 102 valence electrons. The third-order valence-corrected chi connectivity index (χ3v) is 4.48. The molecule has 0 aliphatic heterocycles. The Hall–Kier alpha value is -1.71. The van der Waals surface area contributed by atoms with E-state index in [0.29, 0.717) is 6.42 Å². The van der Waals surface area contributed by atoms with Gasteiger partial charge < -0.3 is 5.11 Å². The lowest BCUT2D eigenvalue weighted by Crippen LogP contribution is -2.24. The van der Waals surface area contributed by atoms with Crippen molar-refractivity contribution in [3.05, 3.63) is 70.9 Å². The number of aliphatic hydroxyl groups is 1. The van der Waals surface area contributed by atoms with Gasteiger partial charge in [-0.05, 0) is 41.5 Å². The zero-order chi connectivity index (χ0) is 14.2. The number of rotatable bonds is 3. The molecular formula is C17H15FOS. The van der Waals surface area contributed by atoms with Crippen LogP contribution in [0, 0.1) is 5.82 Å². The van der Waals surface area contributed by atoms with E-state index in [-0.39, 0.29) is 5.82 Å². The Labute approximate surface area is 121 Å². The first kappa shape index (κ1) is 13.3. The summed E-state index contributed by atoms with van der Waals surface area (Å²) in [7, 11) is 0. The zero-order valence-electron chi connectivity index (χ0n) is 11.1. The van der Waals surface area contributed by atoms with Crippen molar-refractivity contribution in [2.45, 2.75) is 18.9 Å². The van der Waals surface area contributed by atoms with Crippen molar-refractivity contribution in [1.29, 1.82) is 0 Å². The second-order valence-corrected chi connectivity index (χ2v) is 6.14. The number of fused-ring (bicyclic) bond motifs is 1. The van der Waals surface area contributed by atoms with E-state index in [1.807, 2.05) is 30.5 Å². The quantitative estimate of drug-likeness (QED) is 0.752. The summed E-state index contributed by atoms with van der Waals surface area (Å²) in [5.41, 5.74) is 0.877. The van der Waals surface area contributed by atoms with E-state index >= 15 is 0 Å². The summed E-state index contributed by atoms with van der Waals surface area (Å²) in [5, 5.41) is 14.0. The molecule has 1 nitrogen and oxygen atoms in total. The van der Waals surface area contributed by atoms with Crippen LogP contribution in [-0.4, -0.2) is 5.11 Å². The Morgan fingerprint density at radius 2 is 1.85 bits per heavy atom. The third-order valence-electron chi connectivity index (χ3n) is 3.52. The molecule has 3 rings (SSSR count). The van der Waals surface area contributed by atoms with E-state index in [4.69, 9.17) is 0 Å². The minimum absolute atomic E-state index is 0.256. The Bertz CT molecular complexity index is 728.